The molecule has 0 saturated carbocycles. The van der Waals surface area contributed by atoms with Gasteiger partial charge in [0.15, 0.2) is 0 Å². The van der Waals surface area contributed by atoms with Gasteiger partial charge in [-0.15, -0.1) is 11.3 Å². The van der Waals surface area contributed by atoms with Crippen LogP contribution in [0.15, 0.2) is 16.3 Å². The van der Waals surface area contributed by atoms with Gasteiger partial charge in [-0.05, 0) is 24.3 Å². The first-order valence-electron chi connectivity index (χ1n) is 7.31. The molecule has 2 rings (SSSR count). The molecule has 1 aliphatic heterocycles. The van der Waals surface area contributed by atoms with Crippen LogP contribution in [0.25, 0.3) is 0 Å². The third kappa shape index (κ3) is 3.81. The van der Waals surface area contributed by atoms with Crippen LogP contribution in [-0.2, 0) is 16.6 Å². The fourth-order valence-electron chi connectivity index (χ4n) is 2.41. The lowest BCUT2D eigenvalue weighted by Gasteiger charge is -2.20. The Morgan fingerprint density at radius 3 is 2.50 bits per heavy atom. The number of hydrogen-bond donors (Lipinski definition) is 1. The molecule has 1 fully saturated rings. The summed E-state index contributed by atoms with van der Waals surface area (Å²) in [7, 11) is -3.32. The number of thiophene rings is 1. The van der Waals surface area contributed by atoms with E-state index in [2.05, 4.69) is 19.2 Å². The third-order valence-corrected chi connectivity index (χ3v) is 6.59. The van der Waals surface area contributed by atoms with E-state index in [9.17, 15) is 8.42 Å². The maximum absolute atomic E-state index is 12.8. The quantitative estimate of drug-likeness (QED) is 0.909. The Morgan fingerprint density at radius 1 is 1.25 bits per heavy atom. The Hall–Kier alpha value is -0.430. The van der Waals surface area contributed by atoms with E-state index >= 15 is 0 Å². The van der Waals surface area contributed by atoms with Crippen LogP contribution in [-0.4, -0.2) is 31.9 Å². The van der Waals surface area contributed by atoms with Crippen molar-refractivity contribution >= 4 is 21.4 Å². The monoisotopic (exact) mass is 316 g/mol. The normalized spacial score (nSPS) is 18.4. The van der Waals surface area contributed by atoms with E-state index in [1.807, 2.05) is 5.38 Å². The van der Waals surface area contributed by atoms with Crippen molar-refractivity contribution in [2.75, 3.05) is 13.1 Å². The molecule has 2 heterocycles. The maximum atomic E-state index is 12.8. The molecule has 0 aliphatic carbocycles. The van der Waals surface area contributed by atoms with E-state index in [1.165, 1.54) is 11.3 Å². The summed E-state index contributed by atoms with van der Waals surface area (Å²) in [6.45, 7) is 6.08. The number of rotatable bonds is 5. The molecular weight excluding hydrogens is 292 g/mol. The fraction of sp³-hybridized carbons (Fsp3) is 0.714. The van der Waals surface area contributed by atoms with E-state index in [0.29, 0.717) is 30.6 Å². The predicted octanol–water partition coefficient (Wildman–Crippen LogP) is 2.81. The summed E-state index contributed by atoms with van der Waals surface area (Å²) >= 11 is 1.52. The Balaban J connectivity index is 2.18. The van der Waals surface area contributed by atoms with Crippen LogP contribution < -0.4 is 5.32 Å². The van der Waals surface area contributed by atoms with E-state index < -0.39 is 10.0 Å². The van der Waals surface area contributed by atoms with Crippen LogP contribution in [0.5, 0.6) is 0 Å². The minimum Gasteiger partial charge on any atom is -0.310 e. The molecule has 0 bridgehead atoms. The van der Waals surface area contributed by atoms with E-state index in [4.69, 9.17) is 0 Å². The highest BCUT2D eigenvalue weighted by Gasteiger charge is 2.28. The average Bonchev–Trinajstić information content (AvgIpc) is 2.69. The van der Waals surface area contributed by atoms with Crippen LogP contribution in [0, 0.1) is 0 Å². The first-order chi connectivity index (χ1) is 9.51. The Morgan fingerprint density at radius 2 is 1.90 bits per heavy atom. The summed E-state index contributed by atoms with van der Waals surface area (Å²) in [6.07, 6.45) is 4.22. The van der Waals surface area contributed by atoms with Crippen molar-refractivity contribution in [3.8, 4) is 0 Å². The first kappa shape index (κ1) is 15.9. The molecule has 1 aliphatic rings. The van der Waals surface area contributed by atoms with Gasteiger partial charge in [-0.3, -0.25) is 0 Å². The molecule has 0 atom stereocenters. The van der Waals surface area contributed by atoms with Crippen molar-refractivity contribution < 1.29 is 8.42 Å². The Bertz CT molecular complexity index is 515. The summed E-state index contributed by atoms with van der Waals surface area (Å²) in [5, 5.41) is 5.18. The number of nitrogens with one attached hydrogen (secondary N) is 1. The standard InChI is InChI=1S/C14H24N2O2S2/c1-12(2)15-11-13-14(7-10-19-13)20(17,18)16-8-5-3-4-6-9-16/h7,10,12,15H,3-6,8-9,11H2,1-2H3. The fourth-order valence-corrected chi connectivity index (χ4v) is 5.29. The van der Waals surface area contributed by atoms with Crippen LogP contribution in [0.4, 0.5) is 0 Å². The van der Waals surface area contributed by atoms with Crippen molar-refractivity contribution in [1.29, 1.82) is 0 Å². The highest BCUT2D eigenvalue weighted by atomic mass is 32.2. The molecule has 4 nitrogen and oxygen atoms in total. The summed E-state index contributed by atoms with van der Waals surface area (Å²) < 4.78 is 27.2. The summed E-state index contributed by atoms with van der Waals surface area (Å²) in [5.74, 6) is 0. The SMILES string of the molecule is CC(C)NCc1sccc1S(=O)(=O)N1CCCCCC1. The van der Waals surface area contributed by atoms with Crippen LogP contribution in [0.2, 0.25) is 0 Å². The van der Waals surface area contributed by atoms with E-state index in [0.717, 1.165) is 30.6 Å². The smallest absolute Gasteiger partial charge is 0.244 e. The number of sulfonamides is 1. The topological polar surface area (TPSA) is 49.4 Å². The second-order valence-electron chi connectivity index (χ2n) is 5.56. The highest BCUT2D eigenvalue weighted by Crippen LogP contribution is 2.27. The molecule has 0 aromatic carbocycles. The van der Waals surface area contributed by atoms with Gasteiger partial charge in [0.25, 0.3) is 0 Å². The van der Waals surface area contributed by atoms with Crippen molar-refractivity contribution in [2.24, 2.45) is 0 Å². The molecule has 0 unspecified atom stereocenters. The summed E-state index contributed by atoms with van der Waals surface area (Å²) in [5.41, 5.74) is 0. The zero-order valence-corrected chi connectivity index (χ0v) is 13.9. The zero-order valence-electron chi connectivity index (χ0n) is 12.3. The summed E-state index contributed by atoms with van der Waals surface area (Å²) in [4.78, 5) is 1.42. The van der Waals surface area contributed by atoms with Crippen LogP contribution in [0.1, 0.15) is 44.4 Å². The molecule has 6 heteroatoms. The second kappa shape index (κ2) is 7.02. The Labute approximate surface area is 126 Å². The van der Waals surface area contributed by atoms with Crippen molar-refractivity contribution in [3.63, 3.8) is 0 Å². The average molecular weight is 316 g/mol. The lowest BCUT2D eigenvalue weighted by molar-refractivity contribution is 0.423. The molecule has 0 radical (unpaired) electrons. The lowest BCUT2D eigenvalue weighted by Crippen LogP contribution is -2.32. The minimum absolute atomic E-state index is 0.353. The van der Waals surface area contributed by atoms with Gasteiger partial charge in [-0.25, -0.2) is 8.42 Å². The number of hydrogen-bond acceptors (Lipinski definition) is 4. The van der Waals surface area contributed by atoms with Gasteiger partial charge in [-0.1, -0.05) is 26.7 Å². The zero-order chi connectivity index (χ0) is 14.6. The van der Waals surface area contributed by atoms with Gasteiger partial charge < -0.3 is 5.32 Å². The molecule has 1 aromatic heterocycles. The third-order valence-electron chi connectivity index (χ3n) is 3.56. The van der Waals surface area contributed by atoms with Crippen molar-refractivity contribution in [2.45, 2.75) is 57.0 Å². The molecule has 0 spiro atoms. The molecular formula is C14H24N2O2S2. The molecule has 1 N–H and O–H groups in total. The van der Waals surface area contributed by atoms with Gasteiger partial charge in [0.1, 0.15) is 0 Å². The lowest BCUT2D eigenvalue weighted by atomic mass is 10.2. The van der Waals surface area contributed by atoms with Crippen LogP contribution in [0.3, 0.4) is 0 Å². The Kier molecular flexibility index (Phi) is 5.60. The van der Waals surface area contributed by atoms with Crippen LogP contribution >= 0.6 is 11.3 Å². The summed E-state index contributed by atoms with van der Waals surface area (Å²) in [6, 6.07) is 2.10. The van der Waals surface area contributed by atoms with E-state index in [1.54, 1.807) is 10.4 Å². The highest BCUT2D eigenvalue weighted by molar-refractivity contribution is 7.89. The van der Waals surface area contributed by atoms with Gasteiger partial charge >= 0.3 is 0 Å². The second-order valence-corrected chi connectivity index (χ2v) is 8.47. The molecule has 0 amide bonds. The van der Waals surface area contributed by atoms with Gasteiger partial charge in [0.05, 0.1) is 4.90 Å². The van der Waals surface area contributed by atoms with E-state index in [-0.39, 0.29) is 0 Å². The molecule has 1 aromatic rings. The largest absolute Gasteiger partial charge is 0.310 e. The van der Waals surface area contributed by atoms with Gasteiger partial charge in [0, 0.05) is 30.6 Å². The molecule has 114 valence electrons. The minimum atomic E-state index is -3.32. The molecule has 1 saturated heterocycles. The maximum Gasteiger partial charge on any atom is 0.244 e. The van der Waals surface area contributed by atoms with Gasteiger partial charge in [0.2, 0.25) is 10.0 Å². The predicted molar refractivity (Wildman–Crippen MR) is 83.5 cm³/mol. The number of nitrogens with zero attached hydrogens (tertiary/aromatic N) is 1. The van der Waals surface area contributed by atoms with Crippen molar-refractivity contribution in [3.05, 3.63) is 16.3 Å². The first-order valence-corrected chi connectivity index (χ1v) is 9.63. The van der Waals surface area contributed by atoms with Gasteiger partial charge in [-0.2, -0.15) is 4.31 Å². The molecule has 20 heavy (non-hydrogen) atoms. The van der Waals surface area contributed by atoms with Crippen molar-refractivity contribution in [1.82, 2.24) is 9.62 Å².